The summed E-state index contributed by atoms with van der Waals surface area (Å²) in [7, 11) is 0. The fraction of sp³-hybridized carbons (Fsp3) is 0.154. The molecule has 316 valence electrons. The summed E-state index contributed by atoms with van der Waals surface area (Å²) in [6, 6.07) is 28.4. The number of Topliss-reactive ketones (excluding diaryl/α,β-unsaturated/α-hetero) is 3. The normalized spacial score (nSPS) is 12.8. The number of pyridine rings is 5. The van der Waals surface area contributed by atoms with Gasteiger partial charge in [0, 0.05) is 47.5 Å². The first kappa shape index (κ1) is 42.6. The Labute approximate surface area is 367 Å². The van der Waals surface area contributed by atoms with Crippen LogP contribution in [-0.2, 0) is 16.0 Å². The van der Waals surface area contributed by atoms with Crippen LogP contribution in [0.5, 0.6) is 0 Å². The van der Waals surface area contributed by atoms with Gasteiger partial charge in [-0.15, -0.1) is 0 Å². The van der Waals surface area contributed by atoms with Crippen LogP contribution in [0, 0.1) is 0 Å². The lowest BCUT2D eigenvalue weighted by atomic mass is 9.89. The number of benzene rings is 3. The third kappa shape index (κ3) is 7.70. The molecule has 3 aromatic carbocycles. The minimum Gasteiger partial charge on any atom is -0.337 e. The summed E-state index contributed by atoms with van der Waals surface area (Å²) in [5.41, 5.74) is 10.8. The zero-order chi connectivity index (χ0) is 43.9. The van der Waals surface area contributed by atoms with Crippen LogP contribution in [0.15, 0.2) is 126 Å². The fourth-order valence-electron chi connectivity index (χ4n) is 7.92. The Morgan fingerprint density at radius 2 is 1.19 bits per heavy atom. The summed E-state index contributed by atoms with van der Waals surface area (Å²) < 4.78 is 0. The Kier molecular flexibility index (Phi) is 11.5. The Balaban J connectivity index is 0.000000144. The number of rotatable bonds is 4. The highest BCUT2D eigenvalue weighted by molar-refractivity contribution is 6.52. The van der Waals surface area contributed by atoms with E-state index in [0.29, 0.717) is 58.4 Å². The summed E-state index contributed by atoms with van der Waals surface area (Å²) >= 11 is 0. The molecule has 6 heterocycles. The molecule has 12 heteroatoms. The van der Waals surface area contributed by atoms with Gasteiger partial charge < -0.3 is 9.97 Å². The quantitative estimate of drug-likeness (QED) is 0.0749. The number of allylic oxidation sites excluding steroid dienone is 1. The van der Waals surface area contributed by atoms with Gasteiger partial charge in [0.25, 0.3) is 5.56 Å². The van der Waals surface area contributed by atoms with Gasteiger partial charge in [0.2, 0.25) is 11.6 Å². The van der Waals surface area contributed by atoms with Crippen LogP contribution in [0.2, 0.25) is 0 Å². The lowest BCUT2D eigenvalue weighted by Gasteiger charge is -2.15. The first-order chi connectivity index (χ1) is 30.5. The smallest absolute Gasteiger partial charge is 0.259 e. The number of H-pyrrole nitrogens is 2. The maximum absolute atomic E-state index is 12.9. The van der Waals surface area contributed by atoms with Crippen molar-refractivity contribution in [2.45, 2.75) is 53.4 Å². The molecule has 2 aliphatic carbocycles. The van der Waals surface area contributed by atoms with Crippen molar-refractivity contribution in [1.29, 1.82) is 0 Å². The molecular formula is C52H43N7O5. The minimum atomic E-state index is -0.511. The molecule has 0 atom stereocenters. The third-order valence-electron chi connectivity index (χ3n) is 11.3. The number of carbonyl (C=O) groups excluding carboxylic acids is 4. The van der Waals surface area contributed by atoms with E-state index in [-0.39, 0.29) is 24.3 Å². The number of aldehydes is 1. The van der Waals surface area contributed by atoms with E-state index >= 15 is 0 Å². The number of aromatic amines is 2. The van der Waals surface area contributed by atoms with Gasteiger partial charge in [-0.25, -0.2) is 4.98 Å². The van der Waals surface area contributed by atoms with Crippen LogP contribution in [0.25, 0.3) is 72.6 Å². The summed E-state index contributed by atoms with van der Waals surface area (Å²) in [5.74, 6) is 0.293. The topological polar surface area (TPSA) is 181 Å². The molecule has 12 nitrogen and oxygen atoms in total. The number of imidazole rings is 1. The summed E-state index contributed by atoms with van der Waals surface area (Å²) in [6.07, 6.45) is 9.38. The molecule has 0 radical (unpaired) electrons. The van der Waals surface area contributed by atoms with Gasteiger partial charge in [0.15, 0.2) is 12.1 Å². The van der Waals surface area contributed by atoms with Crippen LogP contribution in [0.3, 0.4) is 0 Å². The summed E-state index contributed by atoms with van der Waals surface area (Å²) in [5, 5.41) is 2.83. The predicted octanol–water partition coefficient (Wildman–Crippen LogP) is 9.97. The molecule has 2 N–H and O–H groups in total. The Bertz CT molecular complexity index is 3330. The first-order valence-corrected chi connectivity index (χ1v) is 20.5. The second-order valence-electron chi connectivity index (χ2n) is 16.0. The lowest BCUT2D eigenvalue weighted by Crippen LogP contribution is -2.22. The summed E-state index contributed by atoms with van der Waals surface area (Å²) in [6.45, 7) is 8.57. The molecule has 0 bridgehead atoms. The van der Waals surface area contributed by atoms with Crippen molar-refractivity contribution in [3.63, 3.8) is 0 Å². The van der Waals surface area contributed by atoms with Crippen LogP contribution in [0.1, 0.15) is 89.9 Å². The molecule has 11 rings (SSSR count). The SMILES string of the molecule is C.CC(C)c1ccc2[nH]c(=O)c(-c3nc4c5cccnc5c5ncccc5c4[nH]3)cc2c1.CC(C)c1ccc2c(c1)C=C(C=O)C(=O)C2.O=C1C(=O)c2cccnc2-c2ncccc21. The van der Waals surface area contributed by atoms with Crippen molar-refractivity contribution in [3.05, 3.63) is 165 Å². The highest BCUT2D eigenvalue weighted by Gasteiger charge is 2.31. The van der Waals surface area contributed by atoms with E-state index < -0.39 is 11.6 Å². The number of ketones is 3. The maximum atomic E-state index is 12.9. The van der Waals surface area contributed by atoms with E-state index in [1.807, 2.05) is 42.5 Å². The van der Waals surface area contributed by atoms with Crippen molar-refractivity contribution < 1.29 is 19.2 Å². The molecule has 0 unspecified atom stereocenters. The number of carbonyl (C=O) groups is 4. The first-order valence-electron chi connectivity index (χ1n) is 20.5. The number of fused-ring (bicyclic) bond motifs is 11. The second kappa shape index (κ2) is 17.3. The van der Waals surface area contributed by atoms with Crippen LogP contribution in [0.4, 0.5) is 0 Å². The monoisotopic (exact) mass is 845 g/mol. The number of nitrogens with one attached hydrogen (secondary N) is 2. The Morgan fingerprint density at radius 1 is 0.609 bits per heavy atom. The Hall–Kier alpha value is -8.12. The molecule has 0 amide bonds. The fourth-order valence-corrected chi connectivity index (χ4v) is 7.92. The number of aromatic nitrogens is 7. The number of nitrogens with zero attached hydrogens (tertiary/aromatic N) is 5. The van der Waals surface area contributed by atoms with E-state index in [1.165, 1.54) is 11.1 Å². The minimum absolute atomic E-state index is 0. The second-order valence-corrected chi connectivity index (χ2v) is 16.0. The Morgan fingerprint density at radius 3 is 1.83 bits per heavy atom. The van der Waals surface area contributed by atoms with Crippen LogP contribution < -0.4 is 5.56 Å². The third-order valence-corrected chi connectivity index (χ3v) is 11.3. The largest absolute Gasteiger partial charge is 0.337 e. The molecular weight excluding hydrogens is 803 g/mol. The number of hydrogen-bond acceptors (Lipinski definition) is 10. The molecule has 64 heavy (non-hydrogen) atoms. The van der Waals surface area contributed by atoms with E-state index in [9.17, 15) is 24.0 Å². The molecule has 0 aliphatic heterocycles. The van der Waals surface area contributed by atoms with E-state index in [1.54, 1.807) is 55.1 Å². The van der Waals surface area contributed by atoms with Gasteiger partial charge in [0.1, 0.15) is 17.2 Å². The highest BCUT2D eigenvalue weighted by Crippen LogP contribution is 2.34. The van der Waals surface area contributed by atoms with Crippen LogP contribution >= 0.6 is 0 Å². The van der Waals surface area contributed by atoms with Gasteiger partial charge >= 0.3 is 0 Å². The van der Waals surface area contributed by atoms with Gasteiger partial charge in [-0.1, -0.05) is 59.4 Å². The van der Waals surface area contributed by atoms with Crippen molar-refractivity contribution in [2.24, 2.45) is 0 Å². The van der Waals surface area contributed by atoms with E-state index in [0.717, 1.165) is 54.9 Å². The maximum Gasteiger partial charge on any atom is 0.259 e. The average Bonchev–Trinajstić information content (AvgIpc) is 3.76. The van der Waals surface area contributed by atoms with Crippen molar-refractivity contribution >= 4 is 73.5 Å². The van der Waals surface area contributed by atoms with E-state index in [4.69, 9.17) is 4.98 Å². The zero-order valence-electron chi connectivity index (χ0n) is 34.8. The molecule has 0 saturated heterocycles. The highest BCUT2D eigenvalue weighted by atomic mass is 16.2. The zero-order valence-corrected chi connectivity index (χ0v) is 34.8. The number of hydrogen-bond donors (Lipinski definition) is 2. The van der Waals surface area contributed by atoms with Gasteiger partial charge in [-0.05, 0) is 112 Å². The average molecular weight is 846 g/mol. The predicted molar refractivity (Wildman–Crippen MR) is 250 cm³/mol. The van der Waals surface area contributed by atoms with Gasteiger partial charge in [0.05, 0.1) is 44.3 Å². The molecule has 9 aromatic rings. The molecule has 6 aromatic heterocycles. The molecule has 0 fully saturated rings. The molecule has 0 spiro atoms. The molecule has 2 aliphatic rings. The van der Waals surface area contributed by atoms with Gasteiger partial charge in [-0.3, -0.25) is 43.9 Å². The summed E-state index contributed by atoms with van der Waals surface area (Å²) in [4.78, 5) is 87.2. The van der Waals surface area contributed by atoms with Crippen molar-refractivity contribution in [2.75, 3.05) is 0 Å². The van der Waals surface area contributed by atoms with Crippen LogP contribution in [-0.4, -0.2) is 58.5 Å². The van der Waals surface area contributed by atoms with E-state index in [2.05, 4.69) is 81.9 Å². The van der Waals surface area contributed by atoms with Crippen molar-refractivity contribution in [3.8, 4) is 22.8 Å². The van der Waals surface area contributed by atoms with Gasteiger partial charge in [-0.2, -0.15) is 0 Å². The lowest BCUT2D eigenvalue weighted by molar-refractivity contribution is -0.117. The molecule has 0 saturated carbocycles. The standard InChI is InChI=1S/C25H19N5O.C14H14O2.C12H6N2O2.CH4/c1-13(2)14-7-8-19-15(11-14)12-18(25(31)28-19)24-29-22-16-5-3-9-26-20(16)21-17(23(22)30-24)6-4-10-27-21;1-9(2)10-3-4-11-7-14(16)13(8-15)6-12(11)5-10;15-11-7-3-1-5-13-9(7)10-8(12(11)16)4-2-6-14-10;/h3-13H,1-2H3,(H,28,31)(H,29,30);3-6,8-9H,7H2,1-2H3;1-6H;1H4. The van der Waals surface area contributed by atoms with Crippen molar-refractivity contribution in [1.82, 2.24) is 34.9 Å².